The number of aromatic amines is 1. The van der Waals surface area contributed by atoms with E-state index in [4.69, 9.17) is 0 Å². The zero-order valence-electron chi connectivity index (χ0n) is 16.9. The minimum atomic E-state index is -0.301. The summed E-state index contributed by atoms with van der Waals surface area (Å²) in [6.45, 7) is 0. The van der Waals surface area contributed by atoms with Crippen molar-refractivity contribution in [1.29, 1.82) is 0 Å². The monoisotopic (exact) mass is 407 g/mol. The standard InChI is InChI=1S/C23H26FN5O/c24-18-9-4-5-11-21(18)29-20-12-6-10-19(16(20)14-26-29)27-23(30)17-13-25-28-22(17)15-7-2-1-3-8-15/h4-5,9,11,13-15,19H,1-3,6-8,10,12H2,(H,25,28)(H,27,30)/t19-/m0/s1. The minimum Gasteiger partial charge on any atom is -0.345 e. The highest BCUT2D eigenvalue weighted by Gasteiger charge is 2.29. The first-order valence-electron chi connectivity index (χ1n) is 10.9. The van der Waals surface area contributed by atoms with E-state index in [9.17, 15) is 9.18 Å². The maximum atomic E-state index is 14.3. The highest BCUT2D eigenvalue weighted by atomic mass is 19.1. The van der Waals surface area contributed by atoms with Gasteiger partial charge in [0.05, 0.1) is 29.7 Å². The third-order valence-electron chi connectivity index (χ3n) is 6.50. The molecule has 0 saturated heterocycles. The zero-order valence-corrected chi connectivity index (χ0v) is 16.9. The fourth-order valence-corrected chi connectivity index (χ4v) is 4.95. The lowest BCUT2D eigenvalue weighted by Gasteiger charge is -2.25. The molecule has 30 heavy (non-hydrogen) atoms. The molecule has 0 bridgehead atoms. The Balaban J connectivity index is 1.39. The van der Waals surface area contributed by atoms with Gasteiger partial charge in [-0.3, -0.25) is 9.89 Å². The summed E-state index contributed by atoms with van der Waals surface area (Å²) >= 11 is 0. The summed E-state index contributed by atoms with van der Waals surface area (Å²) < 4.78 is 16.0. The van der Waals surface area contributed by atoms with Crippen molar-refractivity contribution in [3.8, 4) is 5.69 Å². The first-order valence-corrected chi connectivity index (χ1v) is 10.9. The summed E-state index contributed by atoms with van der Waals surface area (Å²) in [7, 11) is 0. The van der Waals surface area contributed by atoms with Gasteiger partial charge in [-0.1, -0.05) is 31.4 Å². The number of benzene rings is 1. The molecule has 0 aliphatic heterocycles. The van der Waals surface area contributed by atoms with Crippen LogP contribution >= 0.6 is 0 Å². The van der Waals surface area contributed by atoms with Gasteiger partial charge in [0.1, 0.15) is 11.5 Å². The van der Waals surface area contributed by atoms with Crippen molar-refractivity contribution in [2.24, 2.45) is 0 Å². The molecule has 0 radical (unpaired) electrons. The highest BCUT2D eigenvalue weighted by Crippen LogP contribution is 2.35. The SMILES string of the molecule is O=C(N[C@H]1CCCc2c1cnn2-c1ccccc1F)c1cn[nH]c1C1CCCCC1. The number of fused-ring (bicyclic) bond motifs is 1. The van der Waals surface area contributed by atoms with Crippen molar-refractivity contribution in [2.75, 3.05) is 0 Å². The van der Waals surface area contributed by atoms with E-state index < -0.39 is 0 Å². The normalized spacial score (nSPS) is 19.4. The molecule has 156 valence electrons. The van der Waals surface area contributed by atoms with Gasteiger partial charge in [-0.05, 0) is 44.2 Å². The van der Waals surface area contributed by atoms with Crippen LogP contribution in [0.25, 0.3) is 5.69 Å². The van der Waals surface area contributed by atoms with Crippen molar-refractivity contribution in [2.45, 2.75) is 63.3 Å². The molecular formula is C23H26FN5O. The molecule has 2 aliphatic rings. The number of nitrogens with one attached hydrogen (secondary N) is 2. The van der Waals surface area contributed by atoms with Gasteiger partial charge in [-0.15, -0.1) is 0 Å². The summed E-state index contributed by atoms with van der Waals surface area (Å²) in [5.41, 5.74) is 4.00. The third kappa shape index (κ3) is 3.42. The molecule has 1 fully saturated rings. The number of halogens is 1. The van der Waals surface area contributed by atoms with Crippen LogP contribution < -0.4 is 5.32 Å². The van der Waals surface area contributed by atoms with Crippen LogP contribution in [0.3, 0.4) is 0 Å². The highest BCUT2D eigenvalue weighted by molar-refractivity contribution is 5.95. The van der Waals surface area contributed by atoms with Gasteiger partial charge in [-0.2, -0.15) is 10.2 Å². The Bertz CT molecular complexity index is 1050. The second-order valence-corrected chi connectivity index (χ2v) is 8.36. The number of para-hydroxylation sites is 1. The van der Waals surface area contributed by atoms with Crippen LogP contribution in [0.15, 0.2) is 36.7 Å². The number of amides is 1. The number of hydrogen-bond donors (Lipinski definition) is 2. The summed E-state index contributed by atoms with van der Waals surface area (Å²) in [4.78, 5) is 13.1. The zero-order chi connectivity index (χ0) is 20.5. The molecule has 2 aliphatic carbocycles. The summed E-state index contributed by atoms with van der Waals surface area (Å²) in [5.74, 6) is -0.0152. The predicted molar refractivity (Wildman–Crippen MR) is 111 cm³/mol. The molecule has 0 unspecified atom stereocenters. The Kier molecular flexibility index (Phi) is 5.11. The fourth-order valence-electron chi connectivity index (χ4n) is 4.95. The van der Waals surface area contributed by atoms with E-state index in [1.165, 1.54) is 25.3 Å². The van der Waals surface area contributed by atoms with Crippen LogP contribution in [-0.2, 0) is 6.42 Å². The van der Waals surface area contributed by atoms with E-state index in [1.54, 1.807) is 35.3 Å². The van der Waals surface area contributed by atoms with E-state index in [2.05, 4.69) is 20.6 Å². The smallest absolute Gasteiger partial charge is 0.255 e. The van der Waals surface area contributed by atoms with Gasteiger partial charge in [0.2, 0.25) is 0 Å². The average molecular weight is 407 g/mol. The van der Waals surface area contributed by atoms with Crippen LogP contribution in [0.1, 0.15) is 84.2 Å². The van der Waals surface area contributed by atoms with Gasteiger partial charge in [-0.25, -0.2) is 9.07 Å². The molecule has 3 aromatic rings. The number of carbonyl (C=O) groups is 1. The van der Waals surface area contributed by atoms with Crippen LogP contribution in [0.4, 0.5) is 4.39 Å². The number of rotatable bonds is 4. The number of H-pyrrole nitrogens is 1. The summed E-state index contributed by atoms with van der Waals surface area (Å²) in [5, 5.41) is 14.9. The molecular weight excluding hydrogens is 381 g/mol. The maximum absolute atomic E-state index is 14.3. The molecule has 2 N–H and O–H groups in total. The summed E-state index contributed by atoms with van der Waals surface area (Å²) in [6.07, 6.45) is 11.9. The van der Waals surface area contributed by atoms with Crippen molar-refractivity contribution < 1.29 is 9.18 Å². The van der Waals surface area contributed by atoms with E-state index in [1.807, 2.05) is 0 Å². The molecule has 1 atom stereocenters. The number of nitrogens with zero attached hydrogens (tertiary/aromatic N) is 3. The molecule has 7 heteroatoms. The van der Waals surface area contributed by atoms with Crippen molar-refractivity contribution >= 4 is 5.91 Å². The van der Waals surface area contributed by atoms with Gasteiger partial charge in [0, 0.05) is 17.2 Å². The number of carbonyl (C=O) groups excluding carboxylic acids is 1. The van der Waals surface area contributed by atoms with Crippen molar-refractivity contribution in [3.05, 3.63) is 65.0 Å². The Morgan fingerprint density at radius 3 is 2.77 bits per heavy atom. The maximum Gasteiger partial charge on any atom is 0.255 e. The van der Waals surface area contributed by atoms with Crippen LogP contribution in [0.2, 0.25) is 0 Å². The lowest BCUT2D eigenvalue weighted by atomic mass is 9.85. The number of hydrogen-bond acceptors (Lipinski definition) is 3. The first-order chi connectivity index (χ1) is 14.7. The molecule has 6 nitrogen and oxygen atoms in total. The van der Waals surface area contributed by atoms with Crippen LogP contribution in [0.5, 0.6) is 0 Å². The Labute approximate surface area is 174 Å². The van der Waals surface area contributed by atoms with Gasteiger partial charge < -0.3 is 5.32 Å². The molecule has 2 heterocycles. The Morgan fingerprint density at radius 2 is 1.93 bits per heavy atom. The van der Waals surface area contributed by atoms with Crippen LogP contribution in [-0.4, -0.2) is 25.9 Å². The molecule has 1 amide bonds. The second-order valence-electron chi connectivity index (χ2n) is 8.36. The lowest BCUT2D eigenvalue weighted by Crippen LogP contribution is -2.31. The van der Waals surface area contributed by atoms with Crippen molar-refractivity contribution in [3.63, 3.8) is 0 Å². The van der Waals surface area contributed by atoms with Gasteiger partial charge in [0.15, 0.2) is 0 Å². The van der Waals surface area contributed by atoms with E-state index in [-0.39, 0.29) is 17.8 Å². The van der Waals surface area contributed by atoms with E-state index >= 15 is 0 Å². The Morgan fingerprint density at radius 1 is 1.10 bits per heavy atom. The van der Waals surface area contributed by atoms with Gasteiger partial charge in [0.25, 0.3) is 5.91 Å². The van der Waals surface area contributed by atoms with E-state index in [0.29, 0.717) is 17.2 Å². The summed E-state index contributed by atoms with van der Waals surface area (Å²) in [6, 6.07) is 6.52. The molecule has 1 saturated carbocycles. The topological polar surface area (TPSA) is 75.6 Å². The fraction of sp³-hybridized carbons (Fsp3) is 0.435. The molecule has 2 aromatic heterocycles. The molecule has 0 spiro atoms. The Hall–Kier alpha value is -2.96. The minimum absolute atomic E-state index is 0.0965. The first kappa shape index (κ1) is 19.0. The van der Waals surface area contributed by atoms with E-state index in [0.717, 1.165) is 49.1 Å². The van der Waals surface area contributed by atoms with Crippen LogP contribution in [0, 0.1) is 5.82 Å². The quantitative estimate of drug-likeness (QED) is 0.664. The number of aromatic nitrogens is 4. The third-order valence-corrected chi connectivity index (χ3v) is 6.50. The predicted octanol–water partition coefficient (Wildman–Crippen LogP) is 4.59. The van der Waals surface area contributed by atoms with Gasteiger partial charge >= 0.3 is 0 Å². The average Bonchev–Trinajstić information content (AvgIpc) is 3.43. The molecule has 5 rings (SSSR count). The largest absolute Gasteiger partial charge is 0.345 e. The van der Waals surface area contributed by atoms with Crippen molar-refractivity contribution in [1.82, 2.24) is 25.3 Å². The lowest BCUT2D eigenvalue weighted by molar-refractivity contribution is 0.0931. The molecule has 1 aromatic carbocycles. The second kappa shape index (κ2) is 8.05.